The van der Waals surface area contributed by atoms with E-state index in [1.165, 1.54) is 0 Å². The van der Waals surface area contributed by atoms with Crippen molar-refractivity contribution in [1.82, 2.24) is 9.80 Å². The Labute approximate surface area is 86.1 Å². The van der Waals surface area contributed by atoms with E-state index in [0.717, 1.165) is 26.2 Å². The summed E-state index contributed by atoms with van der Waals surface area (Å²) in [4.78, 5) is 4.64. The Kier molecular flexibility index (Phi) is 4.81. The van der Waals surface area contributed by atoms with Gasteiger partial charge >= 0.3 is 0 Å². The van der Waals surface area contributed by atoms with Crippen LogP contribution in [0.25, 0.3) is 0 Å². The molecule has 0 saturated carbocycles. The minimum atomic E-state index is -0.583. The van der Waals surface area contributed by atoms with Crippen molar-refractivity contribution < 1.29 is 10.2 Å². The van der Waals surface area contributed by atoms with Gasteiger partial charge in [-0.25, -0.2) is 0 Å². The molecule has 2 N–H and O–H groups in total. The molecule has 1 atom stereocenters. The molecule has 1 saturated heterocycles. The Morgan fingerprint density at radius 3 is 2.14 bits per heavy atom. The van der Waals surface area contributed by atoms with Gasteiger partial charge in [-0.15, -0.1) is 0 Å². The predicted octanol–water partition coefficient (Wildman–Crippen LogP) is -0.634. The number of hydrogen-bond acceptors (Lipinski definition) is 4. The molecule has 4 nitrogen and oxygen atoms in total. The number of β-amino-alcohol motifs (C(OH)–C–C–N with tert-alkyl or cyclic N) is 1. The molecule has 14 heavy (non-hydrogen) atoms. The molecule has 0 unspecified atom stereocenters. The van der Waals surface area contributed by atoms with Gasteiger partial charge in [0.05, 0.1) is 12.7 Å². The minimum Gasteiger partial charge on any atom is -0.394 e. The number of aliphatic hydroxyl groups excluding tert-OH is 2. The molecule has 0 aromatic rings. The smallest absolute Gasteiger partial charge is 0.0897 e. The summed E-state index contributed by atoms with van der Waals surface area (Å²) in [6.45, 7) is 9.00. The third kappa shape index (κ3) is 3.53. The zero-order valence-corrected chi connectivity index (χ0v) is 9.19. The van der Waals surface area contributed by atoms with Crippen LogP contribution >= 0.6 is 0 Å². The monoisotopic (exact) mass is 202 g/mol. The molecule has 84 valence electrons. The largest absolute Gasteiger partial charge is 0.394 e. The van der Waals surface area contributed by atoms with E-state index in [2.05, 4.69) is 23.6 Å². The standard InChI is InChI=1S/C10H22N2O2/c1-9(2)12-5-3-11(4-6-12)7-10(14)8-13/h9-10,13-14H,3-8H2,1-2H3/t10-/m1/s1. The highest BCUT2D eigenvalue weighted by atomic mass is 16.3. The topological polar surface area (TPSA) is 46.9 Å². The molecule has 1 aliphatic heterocycles. The van der Waals surface area contributed by atoms with Gasteiger partial charge in [0.2, 0.25) is 0 Å². The van der Waals surface area contributed by atoms with Crippen molar-refractivity contribution in [2.24, 2.45) is 0 Å². The first-order valence-corrected chi connectivity index (χ1v) is 5.38. The van der Waals surface area contributed by atoms with E-state index in [0.29, 0.717) is 12.6 Å². The van der Waals surface area contributed by atoms with E-state index in [-0.39, 0.29) is 6.61 Å². The third-order valence-corrected chi connectivity index (χ3v) is 2.82. The summed E-state index contributed by atoms with van der Waals surface area (Å²) >= 11 is 0. The fourth-order valence-corrected chi connectivity index (χ4v) is 1.82. The Morgan fingerprint density at radius 2 is 1.71 bits per heavy atom. The quantitative estimate of drug-likeness (QED) is 0.637. The average molecular weight is 202 g/mol. The van der Waals surface area contributed by atoms with Crippen molar-refractivity contribution in [2.45, 2.75) is 26.0 Å². The van der Waals surface area contributed by atoms with Gasteiger partial charge in [0, 0.05) is 38.8 Å². The van der Waals surface area contributed by atoms with Gasteiger partial charge in [-0.1, -0.05) is 0 Å². The molecule has 0 spiro atoms. The van der Waals surface area contributed by atoms with Crippen molar-refractivity contribution in [2.75, 3.05) is 39.3 Å². The van der Waals surface area contributed by atoms with Crippen molar-refractivity contribution in [1.29, 1.82) is 0 Å². The first-order chi connectivity index (χ1) is 6.63. The first-order valence-electron chi connectivity index (χ1n) is 5.38. The van der Waals surface area contributed by atoms with Crippen LogP contribution in [0.1, 0.15) is 13.8 Å². The average Bonchev–Trinajstić information content (AvgIpc) is 2.18. The number of piperazine rings is 1. The van der Waals surface area contributed by atoms with Crippen LogP contribution in [0, 0.1) is 0 Å². The molecule has 0 aromatic heterocycles. The van der Waals surface area contributed by atoms with Crippen LogP contribution < -0.4 is 0 Å². The third-order valence-electron chi connectivity index (χ3n) is 2.82. The predicted molar refractivity (Wildman–Crippen MR) is 56.2 cm³/mol. The van der Waals surface area contributed by atoms with E-state index < -0.39 is 6.10 Å². The Morgan fingerprint density at radius 1 is 1.14 bits per heavy atom. The Balaban J connectivity index is 2.22. The number of rotatable bonds is 4. The van der Waals surface area contributed by atoms with Crippen molar-refractivity contribution in [3.8, 4) is 0 Å². The van der Waals surface area contributed by atoms with Crippen molar-refractivity contribution >= 4 is 0 Å². The maximum atomic E-state index is 9.28. The number of aliphatic hydroxyl groups is 2. The second kappa shape index (κ2) is 5.66. The van der Waals surface area contributed by atoms with Crippen LogP contribution in [0.3, 0.4) is 0 Å². The Hall–Kier alpha value is -0.160. The minimum absolute atomic E-state index is 0.135. The zero-order valence-electron chi connectivity index (χ0n) is 9.19. The van der Waals surface area contributed by atoms with Crippen LogP contribution in [0.5, 0.6) is 0 Å². The zero-order chi connectivity index (χ0) is 10.6. The molecule has 1 rings (SSSR count). The molecule has 0 aliphatic carbocycles. The van der Waals surface area contributed by atoms with Gasteiger partial charge < -0.3 is 10.2 Å². The lowest BCUT2D eigenvalue weighted by Gasteiger charge is -2.37. The highest BCUT2D eigenvalue weighted by Crippen LogP contribution is 2.05. The van der Waals surface area contributed by atoms with E-state index in [4.69, 9.17) is 5.11 Å². The lowest BCUT2D eigenvalue weighted by atomic mass is 10.2. The van der Waals surface area contributed by atoms with Gasteiger partial charge in [0.15, 0.2) is 0 Å². The second-order valence-corrected chi connectivity index (χ2v) is 4.27. The summed E-state index contributed by atoms with van der Waals surface area (Å²) in [5, 5.41) is 18.0. The van der Waals surface area contributed by atoms with Crippen LogP contribution in [0.2, 0.25) is 0 Å². The molecule has 0 aromatic carbocycles. The van der Waals surface area contributed by atoms with Gasteiger partial charge in [-0.2, -0.15) is 0 Å². The maximum Gasteiger partial charge on any atom is 0.0897 e. The van der Waals surface area contributed by atoms with E-state index >= 15 is 0 Å². The SMILES string of the molecule is CC(C)N1CCN(C[C@@H](O)CO)CC1. The van der Waals surface area contributed by atoms with E-state index in [1.54, 1.807) is 0 Å². The molecular weight excluding hydrogens is 180 g/mol. The van der Waals surface area contributed by atoms with Gasteiger partial charge in [0.25, 0.3) is 0 Å². The molecule has 1 fully saturated rings. The molecule has 1 aliphatic rings. The molecular formula is C10H22N2O2. The van der Waals surface area contributed by atoms with Crippen LogP contribution in [0.4, 0.5) is 0 Å². The highest BCUT2D eigenvalue weighted by Gasteiger charge is 2.19. The Bertz CT molecular complexity index is 156. The summed E-state index contributed by atoms with van der Waals surface area (Å²) in [6, 6.07) is 0.611. The summed E-state index contributed by atoms with van der Waals surface area (Å²) in [7, 11) is 0. The van der Waals surface area contributed by atoms with Gasteiger partial charge in [0.1, 0.15) is 0 Å². The van der Waals surface area contributed by atoms with Crippen molar-refractivity contribution in [3.63, 3.8) is 0 Å². The van der Waals surface area contributed by atoms with Crippen LogP contribution in [-0.2, 0) is 0 Å². The van der Waals surface area contributed by atoms with Gasteiger partial charge in [-0.3, -0.25) is 9.80 Å². The normalized spacial score (nSPS) is 22.9. The number of nitrogens with zero attached hydrogens (tertiary/aromatic N) is 2. The summed E-state index contributed by atoms with van der Waals surface area (Å²) in [5.41, 5.74) is 0. The summed E-state index contributed by atoms with van der Waals surface area (Å²) in [6.07, 6.45) is -0.583. The van der Waals surface area contributed by atoms with E-state index in [9.17, 15) is 5.11 Å². The fraction of sp³-hybridized carbons (Fsp3) is 1.00. The lowest BCUT2D eigenvalue weighted by molar-refractivity contribution is 0.0342. The molecule has 0 amide bonds. The molecule has 0 bridgehead atoms. The molecule has 1 heterocycles. The van der Waals surface area contributed by atoms with Crippen LogP contribution in [0.15, 0.2) is 0 Å². The van der Waals surface area contributed by atoms with Crippen LogP contribution in [-0.4, -0.2) is 71.5 Å². The van der Waals surface area contributed by atoms with Gasteiger partial charge in [-0.05, 0) is 13.8 Å². The van der Waals surface area contributed by atoms with E-state index in [1.807, 2.05) is 0 Å². The first kappa shape index (κ1) is 11.9. The number of hydrogen-bond donors (Lipinski definition) is 2. The fourth-order valence-electron chi connectivity index (χ4n) is 1.82. The molecule has 4 heteroatoms. The maximum absolute atomic E-state index is 9.28. The summed E-state index contributed by atoms with van der Waals surface area (Å²) < 4.78 is 0. The second-order valence-electron chi connectivity index (χ2n) is 4.27. The lowest BCUT2D eigenvalue weighted by Crippen LogP contribution is -2.50. The van der Waals surface area contributed by atoms with Crippen molar-refractivity contribution in [3.05, 3.63) is 0 Å². The molecule has 0 radical (unpaired) electrons. The summed E-state index contributed by atoms with van der Waals surface area (Å²) in [5.74, 6) is 0. The highest BCUT2D eigenvalue weighted by molar-refractivity contribution is 4.75.